The zero-order chi connectivity index (χ0) is 12.6. The smallest absolute Gasteiger partial charge is 0.120 e. The molecule has 0 fully saturated rings. The van der Waals surface area contributed by atoms with Gasteiger partial charge in [0.15, 0.2) is 0 Å². The Kier molecular flexibility index (Phi) is 3.43. The van der Waals surface area contributed by atoms with Crippen LogP contribution in [0.3, 0.4) is 0 Å². The lowest BCUT2D eigenvalue weighted by atomic mass is 9.95. The average molecular weight is 233 g/mol. The van der Waals surface area contributed by atoms with E-state index < -0.39 is 0 Å². The van der Waals surface area contributed by atoms with Crippen molar-refractivity contribution in [2.75, 3.05) is 7.05 Å². The fourth-order valence-electron chi connectivity index (χ4n) is 2.86. The highest BCUT2D eigenvalue weighted by atomic mass is 16.5. The third kappa shape index (κ3) is 2.19. The molecule has 1 aromatic rings. The van der Waals surface area contributed by atoms with Crippen LogP contribution in [0.15, 0.2) is 18.2 Å². The molecule has 0 bridgehead atoms. The monoisotopic (exact) mass is 233 g/mol. The Balaban J connectivity index is 2.35. The van der Waals surface area contributed by atoms with Gasteiger partial charge in [-0.15, -0.1) is 0 Å². The van der Waals surface area contributed by atoms with Gasteiger partial charge in [-0.2, -0.15) is 0 Å². The Labute approximate surface area is 104 Å². The summed E-state index contributed by atoms with van der Waals surface area (Å²) in [5.74, 6) is 2.25. The molecule has 1 aromatic carbocycles. The van der Waals surface area contributed by atoms with E-state index in [1.165, 1.54) is 11.1 Å². The zero-order valence-electron chi connectivity index (χ0n) is 11.4. The number of benzene rings is 1. The first-order chi connectivity index (χ1) is 8.04. The molecule has 0 saturated carbocycles. The van der Waals surface area contributed by atoms with E-state index in [4.69, 9.17) is 4.74 Å². The quantitative estimate of drug-likeness (QED) is 0.863. The van der Waals surface area contributed by atoms with Gasteiger partial charge in [0.05, 0.1) is 6.10 Å². The predicted octanol–water partition coefficient (Wildman–Crippen LogP) is 3.49. The summed E-state index contributed by atoms with van der Waals surface area (Å²) < 4.78 is 5.77. The maximum absolute atomic E-state index is 5.77. The molecular weight excluding hydrogens is 210 g/mol. The van der Waals surface area contributed by atoms with Crippen molar-refractivity contribution in [2.45, 2.75) is 45.8 Å². The molecule has 1 N–H and O–H groups in total. The van der Waals surface area contributed by atoms with Crippen LogP contribution in [0.25, 0.3) is 0 Å². The van der Waals surface area contributed by atoms with E-state index in [1.807, 2.05) is 7.05 Å². The molecule has 0 saturated heterocycles. The predicted molar refractivity (Wildman–Crippen MR) is 71.6 cm³/mol. The van der Waals surface area contributed by atoms with Crippen LogP contribution < -0.4 is 10.1 Å². The minimum Gasteiger partial charge on any atom is -0.491 e. The lowest BCUT2D eigenvalue weighted by Gasteiger charge is -2.18. The Morgan fingerprint density at radius 3 is 2.47 bits per heavy atom. The number of ether oxygens (including phenoxy) is 1. The van der Waals surface area contributed by atoms with E-state index in [2.05, 4.69) is 51.2 Å². The highest BCUT2D eigenvalue weighted by Gasteiger charge is 2.34. The van der Waals surface area contributed by atoms with E-state index >= 15 is 0 Å². The standard InChI is InChI=1S/C15H23NO/c1-9(2)17-12-6-7-13-10(3)11(4)15(16-5)14(13)8-12/h6-11,15-16H,1-5H3. The zero-order valence-corrected chi connectivity index (χ0v) is 11.4. The van der Waals surface area contributed by atoms with Gasteiger partial charge in [0.1, 0.15) is 5.75 Å². The van der Waals surface area contributed by atoms with Crippen LogP contribution in [0.2, 0.25) is 0 Å². The van der Waals surface area contributed by atoms with Crippen LogP contribution in [0, 0.1) is 5.92 Å². The third-order valence-electron chi connectivity index (χ3n) is 3.88. The van der Waals surface area contributed by atoms with Crippen molar-refractivity contribution in [3.05, 3.63) is 29.3 Å². The molecule has 0 aromatic heterocycles. The number of rotatable bonds is 3. The normalized spacial score (nSPS) is 27.3. The number of hydrogen-bond acceptors (Lipinski definition) is 2. The van der Waals surface area contributed by atoms with Gasteiger partial charge in [0.2, 0.25) is 0 Å². The number of fused-ring (bicyclic) bond motifs is 1. The summed E-state index contributed by atoms with van der Waals surface area (Å²) in [7, 11) is 2.04. The van der Waals surface area contributed by atoms with Crippen LogP contribution in [-0.4, -0.2) is 13.2 Å². The first-order valence-electron chi connectivity index (χ1n) is 6.52. The Hall–Kier alpha value is -1.02. The molecule has 0 aliphatic heterocycles. The van der Waals surface area contributed by atoms with E-state index in [1.54, 1.807) is 0 Å². The van der Waals surface area contributed by atoms with Crippen molar-refractivity contribution in [1.29, 1.82) is 0 Å². The summed E-state index contributed by atoms with van der Waals surface area (Å²) in [6.07, 6.45) is 0.234. The summed E-state index contributed by atoms with van der Waals surface area (Å²) in [5.41, 5.74) is 2.87. The molecule has 2 nitrogen and oxygen atoms in total. The van der Waals surface area contributed by atoms with Crippen LogP contribution in [0.4, 0.5) is 0 Å². The highest BCUT2D eigenvalue weighted by Crippen LogP contribution is 2.45. The van der Waals surface area contributed by atoms with E-state index in [-0.39, 0.29) is 6.10 Å². The Morgan fingerprint density at radius 2 is 1.88 bits per heavy atom. The first kappa shape index (κ1) is 12.4. The second-order valence-corrected chi connectivity index (χ2v) is 5.37. The fourth-order valence-corrected chi connectivity index (χ4v) is 2.86. The first-order valence-corrected chi connectivity index (χ1v) is 6.52. The molecule has 17 heavy (non-hydrogen) atoms. The van der Waals surface area contributed by atoms with Crippen molar-refractivity contribution in [3.8, 4) is 5.75 Å². The summed E-state index contributed by atoms with van der Waals surface area (Å²) in [4.78, 5) is 0. The molecule has 2 heteroatoms. The molecule has 2 rings (SSSR count). The van der Waals surface area contributed by atoms with Gasteiger partial charge in [0, 0.05) is 6.04 Å². The molecule has 94 valence electrons. The summed E-state index contributed by atoms with van der Waals surface area (Å²) in [6.45, 7) is 8.75. The van der Waals surface area contributed by atoms with Crippen LogP contribution >= 0.6 is 0 Å². The van der Waals surface area contributed by atoms with Gasteiger partial charge in [-0.25, -0.2) is 0 Å². The second kappa shape index (κ2) is 4.69. The lowest BCUT2D eigenvalue weighted by Crippen LogP contribution is -2.20. The minimum atomic E-state index is 0.234. The molecule has 0 amide bonds. The van der Waals surface area contributed by atoms with Gasteiger partial charge in [-0.1, -0.05) is 19.9 Å². The SMILES string of the molecule is CNC1c2cc(OC(C)C)ccc2C(C)C1C. The maximum atomic E-state index is 5.77. The van der Waals surface area contributed by atoms with Gasteiger partial charge in [-0.3, -0.25) is 0 Å². The minimum absolute atomic E-state index is 0.234. The highest BCUT2D eigenvalue weighted by molar-refractivity contribution is 5.44. The molecular formula is C15H23NO. The van der Waals surface area contributed by atoms with Crippen molar-refractivity contribution in [3.63, 3.8) is 0 Å². The molecule has 1 aliphatic rings. The molecule has 0 radical (unpaired) electrons. The van der Waals surface area contributed by atoms with Crippen molar-refractivity contribution in [2.24, 2.45) is 5.92 Å². The van der Waals surface area contributed by atoms with Crippen LogP contribution in [0.5, 0.6) is 5.75 Å². The lowest BCUT2D eigenvalue weighted by molar-refractivity contribution is 0.242. The molecule has 0 heterocycles. The molecule has 3 unspecified atom stereocenters. The Bertz CT molecular complexity index is 400. The maximum Gasteiger partial charge on any atom is 0.120 e. The second-order valence-electron chi connectivity index (χ2n) is 5.37. The average Bonchev–Trinajstić information content (AvgIpc) is 2.50. The van der Waals surface area contributed by atoms with E-state index in [0.717, 1.165) is 5.75 Å². The largest absolute Gasteiger partial charge is 0.491 e. The Morgan fingerprint density at radius 1 is 1.18 bits per heavy atom. The van der Waals surface area contributed by atoms with Crippen molar-refractivity contribution in [1.82, 2.24) is 5.32 Å². The summed E-state index contributed by atoms with van der Waals surface area (Å²) in [5, 5.41) is 3.43. The number of nitrogens with one attached hydrogen (secondary N) is 1. The van der Waals surface area contributed by atoms with Crippen LogP contribution in [-0.2, 0) is 0 Å². The summed E-state index contributed by atoms with van der Waals surface area (Å²) >= 11 is 0. The summed E-state index contributed by atoms with van der Waals surface area (Å²) in [6, 6.07) is 6.98. The van der Waals surface area contributed by atoms with Crippen molar-refractivity contribution >= 4 is 0 Å². The van der Waals surface area contributed by atoms with Gasteiger partial charge < -0.3 is 10.1 Å². The topological polar surface area (TPSA) is 21.3 Å². The molecule has 0 spiro atoms. The van der Waals surface area contributed by atoms with Crippen LogP contribution in [0.1, 0.15) is 50.8 Å². The molecule has 1 aliphatic carbocycles. The number of hydrogen-bond donors (Lipinski definition) is 1. The van der Waals surface area contributed by atoms with E-state index in [0.29, 0.717) is 17.9 Å². The van der Waals surface area contributed by atoms with Gasteiger partial charge in [0.25, 0.3) is 0 Å². The van der Waals surface area contributed by atoms with Gasteiger partial charge >= 0.3 is 0 Å². The van der Waals surface area contributed by atoms with Gasteiger partial charge in [-0.05, 0) is 56.0 Å². The molecule has 3 atom stereocenters. The third-order valence-corrected chi connectivity index (χ3v) is 3.88. The fraction of sp³-hybridized carbons (Fsp3) is 0.600. The van der Waals surface area contributed by atoms with Crippen molar-refractivity contribution < 1.29 is 4.74 Å². The van der Waals surface area contributed by atoms with E-state index in [9.17, 15) is 0 Å².